The van der Waals surface area contributed by atoms with Crippen molar-refractivity contribution in [3.8, 4) is 0 Å². The Morgan fingerprint density at radius 3 is 2.71 bits per heavy atom. The van der Waals surface area contributed by atoms with Crippen LogP contribution in [0.1, 0.15) is 11.3 Å². The van der Waals surface area contributed by atoms with Crippen LogP contribution >= 0.6 is 38.9 Å². The average Bonchev–Trinajstić information content (AvgIpc) is 2.92. The number of carbonyl (C=O) groups is 1. The molecule has 0 fully saturated rings. The number of hydrogen-bond acceptors (Lipinski definition) is 4. The van der Waals surface area contributed by atoms with E-state index in [2.05, 4.69) is 20.7 Å². The number of carbonyl (C=O) groups excluding carboxylic acids is 1. The molecule has 0 aliphatic heterocycles. The second kappa shape index (κ2) is 8.44. The zero-order chi connectivity index (χ0) is 17.7. The molecule has 0 bridgehead atoms. The lowest BCUT2D eigenvalue weighted by Crippen LogP contribution is -2.31. The second-order valence-corrected chi connectivity index (χ2v) is 9.11. The maximum absolute atomic E-state index is 12.2. The van der Waals surface area contributed by atoms with E-state index in [1.54, 1.807) is 35.4 Å². The van der Waals surface area contributed by atoms with Gasteiger partial charge in [0.05, 0.1) is 11.6 Å². The first-order valence-electron chi connectivity index (χ1n) is 7.00. The third-order valence-corrected chi connectivity index (χ3v) is 6.84. The van der Waals surface area contributed by atoms with Gasteiger partial charge in [-0.2, -0.15) is 0 Å². The molecule has 0 radical (unpaired) electrons. The summed E-state index contributed by atoms with van der Waals surface area (Å²) in [6.07, 6.45) is 0.0761. The van der Waals surface area contributed by atoms with Crippen LogP contribution < -0.4 is 4.72 Å². The van der Waals surface area contributed by atoms with Crippen molar-refractivity contribution in [3.63, 3.8) is 0 Å². The van der Waals surface area contributed by atoms with Crippen LogP contribution in [0.5, 0.6) is 0 Å². The molecule has 2 aromatic rings. The van der Waals surface area contributed by atoms with Crippen molar-refractivity contribution >= 4 is 54.8 Å². The van der Waals surface area contributed by atoms with E-state index in [0.717, 1.165) is 9.35 Å². The maximum atomic E-state index is 12.2. The number of nitrogens with zero attached hydrogens (tertiary/aromatic N) is 1. The van der Waals surface area contributed by atoms with Crippen LogP contribution in [0.2, 0.25) is 5.02 Å². The van der Waals surface area contributed by atoms with Gasteiger partial charge < -0.3 is 4.90 Å². The van der Waals surface area contributed by atoms with Crippen molar-refractivity contribution in [1.82, 2.24) is 9.62 Å². The molecule has 5 nitrogen and oxygen atoms in total. The number of rotatable bonds is 7. The number of halogens is 2. The summed E-state index contributed by atoms with van der Waals surface area (Å²) in [4.78, 5) is 14.7. The fraction of sp³-hybridized carbons (Fsp3) is 0.267. The highest BCUT2D eigenvalue weighted by atomic mass is 79.9. The van der Waals surface area contributed by atoms with Crippen molar-refractivity contribution in [3.05, 3.63) is 50.1 Å². The van der Waals surface area contributed by atoms with Crippen molar-refractivity contribution < 1.29 is 13.2 Å². The quantitative estimate of drug-likeness (QED) is 0.701. The third-order valence-electron chi connectivity index (χ3n) is 3.20. The summed E-state index contributed by atoms with van der Waals surface area (Å²) in [6.45, 7) is 0.511. The van der Waals surface area contributed by atoms with Gasteiger partial charge in [-0.15, -0.1) is 11.3 Å². The highest BCUT2D eigenvalue weighted by molar-refractivity contribution is 9.10. The summed E-state index contributed by atoms with van der Waals surface area (Å²) in [5.41, 5.74) is 0. The van der Waals surface area contributed by atoms with E-state index in [-0.39, 0.29) is 28.8 Å². The number of benzene rings is 1. The highest BCUT2D eigenvalue weighted by Crippen LogP contribution is 2.21. The van der Waals surface area contributed by atoms with E-state index in [1.807, 2.05) is 11.4 Å². The van der Waals surface area contributed by atoms with Gasteiger partial charge in [0.2, 0.25) is 15.9 Å². The monoisotopic (exact) mass is 450 g/mol. The topological polar surface area (TPSA) is 66.5 Å². The molecule has 0 saturated carbocycles. The fourth-order valence-electron chi connectivity index (χ4n) is 1.98. The van der Waals surface area contributed by atoms with Gasteiger partial charge in [-0.05, 0) is 34.1 Å². The van der Waals surface area contributed by atoms with Gasteiger partial charge in [-0.3, -0.25) is 4.79 Å². The minimum atomic E-state index is -3.72. The van der Waals surface area contributed by atoms with Crippen LogP contribution in [-0.4, -0.2) is 32.8 Å². The van der Waals surface area contributed by atoms with Crippen molar-refractivity contribution in [2.24, 2.45) is 0 Å². The Balaban J connectivity index is 1.86. The molecular weight excluding hydrogens is 436 g/mol. The molecule has 1 heterocycles. The van der Waals surface area contributed by atoms with Crippen LogP contribution in [0.25, 0.3) is 0 Å². The minimum Gasteiger partial charge on any atom is -0.341 e. The van der Waals surface area contributed by atoms with E-state index < -0.39 is 10.0 Å². The predicted octanol–water partition coefficient (Wildman–Crippen LogP) is 3.49. The van der Waals surface area contributed by atoms with Gasteiger partial charge in [-0.1, -0.05) is 23.7 Å². The second-order valence-electron chi connectivity index (χ2n) is 5.06. The molecule has 0 spiro atoms. The first-order valence-corrected chi connectivity index (χ1v) is 10.5. The highest BCUT2D eigenvalue weighted by Gasteiger charge is 2.18. The Kier molecular flexibility index (Phi) is 6.82. The Morgan fingerprint density at radius 2 is 2.08 bits per heavy atom. The molecule has 0 aliphatic rings. The summed E-state index contributed by atoms with van der Waals surface area (Å²) in [5.74, 6) is -0.138. The summed E-state index contributed by atoms with van der Waals surface area (Å²) in [5, 5.41) is 2.10. The molecule has 0 atom stereocenters. The van der Waals surface area contributed by atoms with Crippen molar-refractivity contribution in [1.29, 1.82) is 0 Å². The largest absolute Gasteiger partial charge is 0.341 e. The Bertz CT molecular complexity index is 824. The first-order chi connectivity index (χ1) is 11.3. The van der Waals surface area contributed by atoms with Crippen molar-refractivity contribution in [2.75, 3.05) is 13.6 Å². The van der Waals surface area contributed by atoms with Crippen LogP contribution in [0.3, 0.4) is 0 Å². The Labute approximate surface area is 158 Å². The van der Waals surface area contributed by atoms with E-state index in [4.69, 9.17) is 11.6 Å². The molecular formula is C15H16BrClN2O3S2. The summed E-state index contributed by atoms with van der Waals surface area (Å²) < 4.78 is 27.7. The number of thiophene rings is 1. The molecule has 1 aromatic heterocycles. The lowest BCUT2D eigenvalue weighted by atomic mass is 10.3. The first kappa shape index (κ1) is 19.4. The summed E-state index contributed by atoms with van der Waals surface area (Å²) in [7, 11) is -2.03. The van der Waals surface area contributed by atoms with Gasteiger partial charge in [0.1, 0.15) is 4.90 Å². The molecule has 0 aliphatic carbocycles. The predicted molar refractivity (Wildman–Crippen MR) is 99.8 cm³/mol. The molecule has 130 valence electrons. The number of sulfonamides is 1. The standard InChI is InChI=1S/C15H16BrClN2O3S2/c1-19(9-12-8-11(16)10-23-12)15(20)6-7-18-24(21,22)14-5-3-2-4-13(14)17/h2-5,8,10,18H,6-7,9H2,1H3. The van der Waals surface area contributed by atoms with E-state index in [0.29, 0.717) is 6.54 Å². The van der Waals surface area contributed by atoms with Crippen LogP contribution in [0.4, 0.5) is 0 Å². The smallest absolute Gasteiger partial charge is 0.242 e. The number of hydrogen-bond donors (Lipinski definition) is 1. The van der Waals surface area contributed by atoms with Gasteiger partial charge >= 0.3 is 0 Å². The lowest BCUT2D eigenvalue weighted by Gasteiger charge is -2.16. The maximum Gasteiger partial charge on any atom is 0.242 e. The van der Waals surface area contributed by atoms with Crippen molar-refractivity contribution in [2.45, 2.75) is 17.9 Å². The number of nitrogens with one attached hydrogen (secondary N) is 1. The Hall–Kier alpha value is -0.930. The summed E-state index contributed by atoms with van der Waals surface area (Å²) in [6, 6.07) is 8.14. The third kappa shape index (κ3) is 5.29. The van der Waals surface area contributed by atoms with Crippen LogP contribution in [0, 0.1) is 0 Å². The molecule has 24 heavy (non-hydrogen) atoms. The molecule has 1 amide bonds. The normalized spacial score (nSPS) is 11.5. The van der Waals surface area contributed by atoms with Gasteiger partial charge in [0, 0.05) is 34.7 Å². The molecule has 1 N–H and O–H groups in total. The number of amides is 1. The Morgan fingerprint density at radius 1 is 1.38 bits per heavy atom. The van der Waals surface area contributed by atoms with Crippen LogP contribution in [-0.2, 0) is 21.4 Å². The molecule has 2 rings (SSSR count). The van der Waals surface area contributed by atoms with Gasteiger partial charge in [0.25, 0.3) is 0 Å². The molecule has 9 heteroatoms. The van der Waals surface area contributed by atoms with E-state index in [9.17, 15) is 13.2 Å². The SMILES string of the molecule is CN(Cc1cc(Br)cs1)C(=O)CCNS(=O)(=O)c1ccccc1Cl. The van der Waals surface area contributed by atoms with Gasteiger partial charge in [-0.25, -0.2) is 13.1 Å². The summed E-state index contributed by atoms with van der Waals surface area (Å²) >= 11 is 10.8. The molecule has 1 aromatic carbocycles. The molecule has 0 unspecified atom stereocenters. The zero-order valence-electron chi connectivity index (χ0n) is 12.8. The van der Waals surface area contributed by atoms with Crippen LogP contribution in [0.15, 0.2) is 45.1 Å². The van der Waals surface area contributed by atoms with E-state index >= 15 is 0 Å². The zero-order valence-corrected chi connectivity index (χ0v) is 16.8. The van der Waals surface area contributed by atoms with Gasteiger partial charge in [0.15, 0.2) is 0 Å². The minimum absolute atomic E-state index is 0.0101. The lowest BCUT2D eigenvalue weighted by molar-refractivity contribution is -0.130. The van der Waals surface area contributed by atoms with E-state index in [1.165, 1.54) is 12.1 Å². The average molecular weight is 452 g/mol. The fourth-order valence-corrected chi connectivity index (χ4v) is 5.03. The molecule has 0 saturated heterocycles.